The number of rotatable bonds is 24. The van der Waals surface area contributed by atoms with Gasteiger partial charge >= 0.3 is 24.0 Å². The van der Waals surface area contributed by atoms with E-state index in [0.717, 1.165) is 16.5 Å². The molecule has 17 heteroatoms. The summed E-state index contributed by atoms with van der Waals surface area (Å²) >= 11 is 0. The van der Waals surface area contributed by atoms with Crippen molar-refractivity contribution in [2.75, 3.05) is 33.9 Å². The summed E-state index contributed by atoms with van der Waals surface area (Å²) in [5.74, 6) is -5.09. The minimum Gasteiger partial charge on any atom is -0.466 e. The fourth-order valence-electron chi connectivity index (χ4n) is 8.27. The van der Waals surface area contributed by atoms with Crippen molar-refractivity contribution in [2.24, 2.45) is 24.3 Å². The van der Waals surface area contributed by atoms with Crippen LogP contribution in [0.15, 0.2) is 42.1 Å². The van der Waals surface area contributed by atoms with Crippen LogP contribution in [0.3, 0.4) is 0 Å². The van der Waals surface area contributed by atoms with Crippen LogP contribution in [0.1, 0.15) is 135 Å². The fourth-order valence-corrected chi connectivity index (χ4v) is 8.27. The SMILES string of the molecule is CCOC(=O)CC[C@@H](CC(=O)CC[C@@H](NC(=O)/C(C)=C/[C@H](C(C)C)N(C)C(=O)[C@@H](NC(=O)[C@@H](N(C)C(=O)OC(C)(C)C)C(C)(C)c1cn(C)c2ccccc12)C(C)(C)C)C(=O)OCC)C(=O)OCC. The molecule has 5 atom stereocenters. The number of esters is 3. The van der Waals surface area contributed by atoms with E-state index in [4.69, 9.17) is 18.9 Å². The average Bonchev–Trinajstić information content (AvgIpc) is 3.60. The first kappa shape index (κ1) is 59.4. The van der Waals surface area contributed by atoms with Gasteiger partial charge in [-0.3, -0.25) is 33.7 Å². The van der Waals surface area contributed by atoms with Crippen LogP contribution in [-0.4, -0.2) is 126 Å². The molecule has 2 N–H and O–H groups in total. The van der Waals surface area contributed by atoms with Gasteiger partial charge in [0.15, 0.2) is 0 Å². The second-order valence-corrected chi connectivity index (χ2v) is 20.6. The molecule has 0 radical (unpaired) electrons. The third kappa shape index (κ3) is 17.0. The Kier molecular flexibility index (Phi) is 22.2. The van der Waals surface area contributed by atoms with E-state index < -0.39 is 88.2 Å². The normalized spacial score (nSPS) is 14.4. The number of aryl methyl sites for hydroxylation is 1. The Morgan fingerprint density at radius 2 is 1.35 bits per heavy atom. The fraction of sp³-hybridized carbons (Fsp3) is 0.654. The molecule has 0 spiro atoms. The minimum absolute atomic E-state index is 0.0132. The highest BCUT2D eigenvalue weighted by Crippen LogP contribution is 2.37. The molecule has 1 aromatic carbocycles. The molecule has 0 saturated carbocycles. The zero-order chi connectivity index (χ0) is 52.8. The zero-order valence-electron chi connectivity index (χ0n) is 44.3. The zero-order valence-corrected chi connectivity index (χ0v) is 44.3. The Labute approximate surface area is 409 Å². The lowest BCUT2D eigenvalue weighted by Crippen LogP contribution is -2.63. The molecule has 0 aliphatic carbocycles. The molecule has 0 saturated heterocycles. The van der Waals surface area contributed by atoms with E-state index in [2.05, 4.69) is 10.6 Å². The number of carbonyl (C=O) groups is 8. The summed E-state index contributed by atoms with van der Waals surface area (Å²) in [5, 5.41) is 6.63. The maximum atomic E-state index is 15.0. The van der Waals surface area contributed by atoms with E-state index in [9.17, 15) is 38.4 Å². The van der Waals surface area contributed by atoms with Crippen LogP contribution < -0.4 is 10.6 Å². The molecule has 0 unspecified atom stereocenters. The molecule has 2 aromatic rings. The van der Waals surface area contributed by atoms with Gasteiger partial charge in [0.05, 0.1) is 31.8 Å². The molecule has 0 aliphatic heterocycles. The number of benzene rings is 1. The number of aromatic nitrogens is 1. The number of nitrogens with one attached hydrogen (secondary N) is 2. The first-order valence-electron chi connectivity index (χ1n) is 24.0. The number of amides is 4. The maximum Gasteiger partial charge on any atom is 0.410 e. The quantitative estimate of drug-likeness (QED) is 0.0622. The smallest absolute Gasteiger partial charge is 0.410 e. The molecule has 2 rings (SSSR count). The van der Waals surface area contributed by atoms with Gasteiger partial charge in [0.2, 0.25) is 17.7 Å². The Morgan fingerprint density at radius 1 is 0.768 bits per heavy atom. The molecule has 0 aliphatic rings. The standard InChI is InChI=1S/C52H81N5O12/c1-18-66-41(59)28-25-34(47(63)67-19-2)30-35(58)26-27-38(48(64)68-20-3)53-44(60)33(6)29-40(32(4)5)56(16)46(62)42(50(7,8)9)54-45(61)43(57(17)49(65)69-51(10,11)12)52(13,14)37-31-55(15)39-24-22-21-23-36(37)39/h21-24,29,31-32,34,38,40,42-43H,18-20,25-28,30H2,1-17H3,(H,53,60)(H,54,61)/b33-29+/t34-,38+,40+,42+,43+/m0/s1. The van der Waals surface area contributed by atoms with Crippen molar-refractivity contribution in [3.63, 3.8) is 0 Å². The summed E-state index contributed by atoms with van der Waals surface area (Å²) < 4.78 is 23.1. The Hall–Kier alpha value is -5.74. The minimum atomic E-state index is -1.23. The van der Waals surface area contributed by atoms with Crippen LogP contribution in [0.2, 0.25) is 0 Å². The number of carbonyl (C=O) groups excluding carboxylic acids is 8. The first-order valence-corrected chi connectivity index (χ1v) is 24.0. The number of fused-ring (bicyclic) bond motifs is 1. The van der Waals surface area contributed by atoms with Gasteiger partial charge in [0.1, 0.15) is 29.5 Å². The summed E-state index contributed by atoms with van der Waals surface area (Å²) in [6, 6.07) is 3.59. The number of ether oxygens (including phenoxy) is 4. The molecular formula is C52H81N5O12. The monoisotopic (exact) mass is 968 g/mol. The highest BCUT2D eigenvalue weighted by Gasteiger charge is 2.47. The maximum absolute atomic E-state index is 15.0. The van der Waals surface area contributed by atoms with Crippen molar-refractivity contribution in [3.8, 4) is 0 Å². The predicted octanol–water partition coefficient (Wildman–Crippen LogP) is 6.96. The van der Waals surface area contributed by atoms with Crippen LogP contribution in [0, 0.1) is 17.3 Å². The largest absolute Gasteiger partial charge is 0.466 e. The lowest BCUT2D eigenvalue weighted by molar-refractivity contribution is -0.151. The van der Waals surface area contributed by atoms with Gasteiger partial charge in [0.25, 0.3) is 0 Å². The van der Waals surface area contributed by atoms with E-state index in [0.29, 0.717) is 0 Å². The lowest BCUT2D eigenvalue weighted by Gasteiger charge is -2.42. The molecule has 0 fully saturated rings. The second kappa shape index (κ2) is 25.7. The van der Waals surface area contributed by atoms with Gasteiger partial charge in [-0.15, -0.1) is 0 Å². The Balaban J connectivity index is 2.46. The van der Waals surface area contributed by atoms with E-state index in [1.807, 2.05) is 90.5 Å². The van der Waals surface area contributed by atoms with Crippen LogP contribution >= 0.6 is 0 Å². The molecule has 386 valence electrons. The van der Waals surface area contributed by atoms with E-state index in [-0.39, 0.29) is 69.2 Å². The van der Waals surface area contributed by atoms with E-state index in [1.54, 1.807) is 61.6 Å². The third-order valence-electron chi connectivity index (χ3n) is 11.9. The molecule has 0 bridgehead atoms. The molecular weight excluding hydrogens is 887 g/mol. The molecule has 69 heavy (non-hydrogen) atoms. The molecule has 17 nitrogen and oxygen atoms in total. The Morgan fingerprint density at radius 3 is 1.90 bits per heavy atom. The first-order chi connectivity index (χ1) is 31.9. The van der Waals surface area contributed by atoms with Crippen molar-refractivity contribution < 1.29 is 57.3 Å². The summed E-state index contributed by atoms with van der Waals surface area (Å²) in [4.78, 5) is 111. The van der Waals surface area contributed by atoms with Gasteiger partial charge in [-0.1, -0.05) is 72.7 Å². The number of para-hydroxylation sites is 1. The van der Waals surface area contributed by atoms with Gasteiger partial charge in [0, 0.05) is 68.5 Å². The van der Waals surface area contributed by atoms with Crippen molar-refractivity contribution >= 4 is 58.4 Å². The second-order valence-electron chi connectivity index (χ2n) is 20.6. The van der Waals surface area contributed by atoms with Gasteiger partial charge in [-0.05, 0) is 84.3 Å². The highest BCUT2D eigenvalue weighted by molar-refractivity contribution is 5.97. The number of likely N-dealkylation sites (N-methyl/N-ethyl adjacent to an activating group) is 2. The third-order valence-corrected chi connectivity index (χ3v) is 11.9. The van der Waals surface area contributed by atoms with E-state index in [1.165, 1.54) is 16.8 Å². The summed E-state index contributed by atoms with van der Waals surface area (Å²) in [6.45, 7) is 24.9. The summed E-state index contributed by atoms with van der Waals surface area (Å²) in [5.41, 5.74) is -0.810. The summed E-state index contributed by atoms with van der Waals surface area (Å²) in [7, 11) is 5.02. The number of Topliss-reactive ketones (excluding diaryl/α,β-unsaturated/α-hetero) is 1. The lowest BCUT2D eigenvalue weighted by atomic mass is 9.76. The van der Waals surface area contributed by atoms with Crippen molar-refractivity contribution in [1.29, 1.82) is 0 Å². The number of hydrogen-bond acceptors (Lipinski definition) is 12. The molecule has 4 amide bonds. The number of ketones is 1. The topological polar surface area (TPSA) is 209 Å². The number of nitrogens with zero attached hydrogens (tertiary/aromatic N) is 3. The van der Waals surface area contributed by atoms with Crippen LogP contribution in [0.4, 0.5) is 4.79 Å². The number of hydrogen-bond donors (Lipinski definition) is 2. The predicted molar refractivity (Wildman–Crippen MR) is 264 cm³/mol. The Bertz CT molecular complexity index is 2160. The van der Waals surface area contributed by atoms with Gasteiger partial charge < -0.3 is 39.0 Å². The van der Waals surface area contributed by atoms with Crippen molar-refractivity contribution in [1.82, 2.24) is 25.0 Å². The van der Waals surface area contributed by atoms with E-state index >= 15 is 0 Å². The average molecular weight is 968 g/mol. The molecule has 1 aromatic heterocycles. The van der Waals surface area contributed by atoms with Gasteiger partial charge in [-0.25, -0.2) is 9.59 Å². The van der Waals surface area contributed by atoms with Crippen LogP contribution in [-0.2, 0) is 65.0 Å². The van der Waals surface area contributed by atoms with Crippen molar-refractivity contribution in [2.45, 2.75) is 164 Å². The summed E-state index contributed by atoms with van der Waals surface area (Å²) in [6.07, 6.45) is 2.23. The van der Waals surface area contributed by atoms with Gasteiger partial charge in [-0.2, -0.15) is 0 Å². The molecule has 1 heterocycles. The highest BCUT2D eigenvalue weighted by atomic mass is 16.6. The van der Waals surface area contributed by atoms with Crippen LogP contribution in [0.25, 0.3) is 10.9 Å². The van der Waals surface area contributed by atoms with Crippen LogP contribution in [0.5, 0.6) is 0 Å². The van der Waals surface area contributed by atoms with Crippen molar-refractivity contribution in [3.05, 3.63) is 47.7 Å².